The number of fused-ring (bicyclic) bond motifs is 1. The number of hydrogen-bond acceptors (Lipinski definition) is 3. The van der Waals surface area contributed by atoms with Gasteiger partial charge in [0.15, 0.2) is 0 Å². The molecular formula is C13H16N2S. The van der Waals surface area contributed by atoms with Gasteiger partial charge in [-0.25, -0.2) is 4.98 Å². The summed E-state index contributed by atoms with van der Waals surface area (Å²) >= 11 is 1.86. The summed E-state index contributed by atoms with van der Waals surface area (Å²) in [4.78, 5) is 4.79. The van der Waals surface area contributed by atoms with Crippen LogP contribution in [0.4, 0.5) is 0 Å². The molecule has 2 heterocycles. The minimum absolute atomic E-state index is 0.248. The average Bonchev–Trinajstić information content (AvgIpc) is 2.84. The van der Waals surface area contributed by atoms with Crippen LogP contribution in [0.25, 0.3) is 10.2 Å². The van der Waals surface area contributed by atoms with Crippen LogP contribution in [0, 0.1) is 6.92 Å². The van der Waals surface area contributed by atoms with E-state index in [2.05, 4.69) is 37.4 Å². The van der Waals surface area contributed by atoms with Crippen LogP contribution in [0.1, 0.15) is 23.9 Å². The quantitative estimate of drug-likeness (QED) is 0.818. The van der Waals surface area contributed by atoms with E-state index in [1.165, 1.54) is 21.7 Å². The van der Waals surface area contributed by atoms with E-state index in [9.17, 15) is 0 Å². The SMILES string of the molecule is Cc1ccc2nc(C3(C)CCNC3)sc2c1. The molecule has 1 fully saturated rings. The fourth-order valence-corrected chi connectivity index (χ4v) is 3.53. The molecule has 0 amide bonds. The largest absolute Gasteiger partial charge is 0.316 e. The number of aryl methyl sites for hydroxylation is 1. The smallest absolute Gasteiger partial charge is 0.101 e. The molecule has 0 aliphatic carbocycles. The highest BCUT2D eigenvalue weighted by molar-refractivity contribution is 7.18. The highest BCUT2D eigenvalue weighted by atomic mass is 32.1. The van der Waals surface area contributed by atoms with Gasteiger partial charge in [0.05, 0.1) is 10.2 Å². The molecule has 84 valence electrons. The molecule has 1 aliphatic heterocycles. The molecule has 1 saturated heterocycles. The summed E-state index contributed by atoms with van der Waals surface area (Å²) in [5, 5.41) is 4.72. The van der Waals surface area contributed by atoms with Crippen LogP contribution in [0.3, 0.4) is 0 Å². The molecule has 1 N–H and O–H groups in total. The molecule has 1 unspecified atom stereocenters. The molecule has 16 heavy (non-hydrogen) atoms. The van der Waals surface area contributed by atoms with E-state index >= 15 is 0 Å². The lowest BCUT2D eigenvalue weighted by atomic mass is 9.91. The first-order valence-electron chi connectivity index (χ1n) is 5.76. The minimum Gasteiger partial charge on any atom is -0.316 e. The topological polar surface area (TPSA) is 24.9 Å². The van der Waals surface area contributed by atoms with Crippen molar-refractivity contribution in [3.63, 3.8) is 0 Å². The number of aromatic nitrogens is 1. The van der Waals surface area contributed by atoms with Gasteiger partial charge in [-0.05, 0) is 37.6 Å². The van der Waals surface area contributed by atoms with Gasteiger partial charge in [0, 0.05) is 12.0 Å². The first-order valence-corrected chi connectivity index (χ1v) is 6.57. The fourth-order valence-electron chi connectivity index (χ4n) is 2.29. The van der Waals surface area contributed by atoms with Crippen LogP contribution in [0.5, 0.6) is 0 Å². The maximum Gasteiger partial charge on any atom is 0.101 e. The summed E-state index contributed by atoms with van der Waals surface area (Å²) in [5.41, 5.74) is 2.72. The number of thiazole rings is 1. The van der Waals surface area contributed by atoms with Crippen molar-refractivity contribution in [2.75, 3.05) is 13.1 Å². The van der Waals surface area contributed by atoms with Crippen molar-refractivity contribution in [1.82, 2.24) is 10.3 Å². The van der Waals surface area contributed by atoms with E-state index in [-0.39, 0.29) is 5.41 Å². The number of nitrogens with one attached hydrogen (secondary N) is 1. The second-order valence-corrected chi connectivity index (χ2v) is 6.01. The second kappa shape index (κ2) is 3.54. The van der Waals surface area contributed by atoms with Crippen molar-refractivity contribution in [3.05, 3.63) is 28.8 Å². The van der Waals surface area contributed by atoms with Gasteiger partial charge in [-0.2, -0.15) is 0 Å². The Morgan fingerprint density at radius 3 is 3.06 bits per heavy atom. The summed E-state index contributed by atoms with van der Waals surface area (Å²) in [6.45, 7) is 6.63. The van der Waals surface area contributed by atoms with Crippen LogP contribution in [-0.4, -0.2) is 18.1 Å². The summed E-state index contributed by atoms with van der Waals surface area (Å²) in [6.07, 6.45) is 1.20. The molecule has 0 bridgehead atoms. The van der Waals surface area contributed by atoms with E-state index in [0.29, 0.717) is 0 Å². The third-order valence-corrected chi connectivity index (χ3v) is 4.75. The Hall–Kier alpha value is -0.930. The van der Waals surface area contributed by atoms with E-state index in [4.69, 9.17) is 4.98 Å². The Morgan fingerprint density at radius 2 is 2.31 bits per heavy atom. The lowest BCUT2D eigenvalue weighted by Gasteiger charge is -2.18. The standard InChI is InChI=1S/C13H16N2S/c1-9-3-4-10-11(7-9)16-12(15-10)13(2)5-6-14-8-13/h3-4,7,14H,5-6,8H2,1-2H3. The molecular weight excluding hydrogens is 216 g/mol. The zero-order chi connectivity index (χ0) is 11.2. The maximum atomic E-state index is 4.79. The number of hydrogen-bond donors (Lipinski definition) is 1. The number of rotatable bonds is 1. The van der Waals surface area contributed by atoms with Crippen LogP contribution in [-0.2, 0) is 5.41 Å². The minimum atomic E-state index is 0.248. The highest BCUT2D eigenvalue weighted by Gasteiger charge is 2.33. The average molecular weight is 232 g/mol. The number of nitrogens with zero attached hydrogens (tertiary/aromatic N) is 1. The molecule has 2 aromatic rings. The van der Waals surface area contributed by atoms with Gasteiger partial charge in [0.2, 0.25) is 0 Å². The van der Waals surface area contributed by atoms with Gasteiger partial charge in [-0.15, -0.1) is 11.3 Å². The lowest BCUT2D eigenvalue weighted by Crippen LogP contribution is -2.24. The van der Waals surface area contributed by atoms with Crippen LogP contribution < -0.4 is 5.32 Å². The van der Waals surface area contributed by atoms with Gasteiger partial charge in [-0.1, -0.05) is 13.0 Å². The van der Waals surface area contributed by atoms with Crippen LogP contribution in [0.15, 0.2) is 18.2 Å². The fraction of sp³-hybridized carbons (Fsp3) is 0.462. The lowest BCUT2D eigenvalue weighted by molar-refractivity contribution is 0.523. The molecule has 1 aliphatic rings. The van der Waals surface area contributed by atoms with E-state index in [1.807, 2.05) is 11.3 Å². The molecule has 1 atom stereocenters. The normalized spacial score (nSPS) is 25.4. The Bertz CT molecular complexity index is 524. The Morgan fingerprint density at radius 1 is 1.44 bits per heavy atom. The molecule has 0 radical (unpaired) electrons. The van der Waals surface area contributed by atoms with Crippen molar-refractivity contribution in [1.29, 1.82) is 0 Å². The Kier molecular flexibility index (Phi) is 2.26. The third-order valence-electron chi connectivity index (χ3n) is 3.43. The predicted octanol–water partition coefficient (Wildman–Crippen LogP) is 2.86. The van der Waals surface area contributed by atoms with Gasteiger partial charge in [-0.3, -0.25) is 0 Å². The molecule has 0 spiro atoms. The van der Waals surface area contributed by atoms with Crippen molar-refractivity contribution >= 4 is 21.6 Å². The van der Waals surface area contributed by atoms with Crippen LogP contribution in [0.2, 0.25) is 0 Å². The van der Waals surface area contributed by atoms with Gasteiger partial charge in [0.1, 0.15) is 5.01 Å². The zero-order valence-electron chi connectivity index (χ0n) is 9.71. The monoisotopic (exact) mass is 232 g/mol. The second-order valence-electron chi connectivity index (χ2n) is 4.98. The molecule has 2 nitrogen and oxygen atoms in total. The van der Waals surface area contributed by atoms with E-state index < -0.39 is 0 Å². The van der Waals surface area contributed by atoms with Crippen molar-refractivity contribution in [2.45, 2.75) is 25.7 Å². The summed E-state index contributed by atoms with van der Waals surface area (Å²) in [7, 11) is 0. The summed E-state index contributed by atoms with van der Waals surface area (Å²) in [6, 6.07) is 6.51. The Balaban J connectivity index is 2.11. The third kappa shape index (κ3) is 1.55. The first-order chi connectivity index (χ1) is 7.67. The zero-order valence-corrected chi connectivity index (χ0v) is 10.5. The number of benzene rings is 1. The molecule has 0 saturated carbocycles. The highest BCUT2D eigenvalue weighted by Crippen LogP contribution is 2.35. The van der Waals surface area contributed by atoms with Crippen molar-refractivity contribution in [2.24, 2.45) is 0 Å². The van der Waals surface area contributed by atoms with Gasteiger partial charge in [0.25, 0.3) is 0 Å². The molecule has 3 rings (SSSR count). The summed E-state index contributed by atoms with van der Waals surface area (Å²) in [5.74, 6) is 0. The molecule has 1 aromatic carbocycles. The molecule has 1 aromatic heterocycles. The van der Waals surface area contributed by atoms with E-state index in [0.717, 1.165) is 18.6 Å². The molecule has 3 heteroatoms. The first kappa shape index (κ1) is 10.2. The predicted molar refractivity (Wildman–Crippen MR) is 69.2 cm³/mol. The van der Waals surface area contributed by atoms with Gasteiger partial charge >= 0.3 is 0 Å². The summed E-state index contributed by atoms with van der Waals surface area (Å²) < 4.78 is 1.32. The Labute approximate surface area is 99.7 Å². The maximum absolute atomic E-state index is 4.79. The van der Waals surface area contributed by atoms with Crippen molar-refractivity contribution < 1.29 is 0 Å². The van der Waals surface area contributed by atoms with Crippen molar-refractivity contribution in [3.8, 4) is 0 Å². The van der Waals surface area contributed by atoms with Crippen LogP contribution >= 0.6 is 11.3 Å². The van der Waals surface area contributed by atoms with Gasteiger partial charge < -0.3 is 5.32 Å². The van der Waals surface area contributed by atoms with E-state index in [1.54, 1.807) is 0 Å².